The van der Waals surface area contributed by atoms with Crippen LogP contribution in [0.1, 0.15) is 41.0 Å². The van der Waals surface area contributed by atoms with Crippen molar-refractivity contribution in [3.8, 4) is 11.5 Å². The number of amides is 2. The second kappa shape index (κ2) is 9.62. The molecule has 0 bridgehead atoms. The van der Waals surface area contributed by atoms with Crippen molar-refractivity contribution >= 4 is 17.5 Å². The molecule has 144 valence electrons. The van der Waals surface area contributed by atoms with Gasteiger partial charge < -0.3 is 20.1 Å². The number of nitrogens with one attached hydrogen (secondary N) is 2. The van der Waals surface area contributed by atoms with Gasteiger partial charge in [0.15, 0.2) is 0 Å². The van der Waals surface area contributed by atoms with Crippen molar-refractivity contribution in [3.05, 3.63) is 53.6 Å². The molecule has 0 heterocycles. The first-order valence-corrected chi connectivity index (χ1v) is 8.86. The van der Waals surface area contributed by atoms with Crippen molar-refractivity contribution < 1.29 is 19.1 Å². The standard InChI is InChI=1S/C21H26N2O4/c1-14(2)10-11-22-20(24)15-6-5-7-16(12-15)21(25)23-18-13-17(26-3)8-9-19(18)27-4/h5-9,12-14H,10-11H2,1-4H3,(H,22,24)(H,23,25). The van der Waals surface area contributed by atoms with Crippen LogP contribution in [0.3, 0.4) is 0 Å². The molecule has 0 saturated heterocycles. The minimum Gasteiger partial charge on any atom is -0.497 e. The summed E-state index contributed by atoms with van der Waals surface area (Å²) in [5, 5.41) is 5.67. The summed E-state index contributed by atoms with van der Waals surface area (Å²) in [4.78, 5) is 24.9. The first-order chi connectivity index (χ1) is 12.9. The summed E-state index contributed by atoms with van der Waals surface area (Å²) < 4.78 is 10.5. The van der Waals surface area contributed by atoms with E-state index in [2.05, 4.69) is 24.5 Å². The molecular formula is C21H26N2O4. The Labute approximate surface area is 159 Å². The molecule has 6 nitrogen and oxygen atoms in total. The molecule has 2 aromatic rings. The highest BCUT2D eigenvalue weighted by molar-refractivity contribution is 6.06. The van der Waals surface area contributed by atoms with Gasteiger partial charge in [0.2, 0.25) is 0 Å². The third-order valence-electron chi connectivity index (χ3n) is 4.05. The molecule has 2 N–H and O–H groups in total. The zero-order valence-corrected chi connectivity index (χ0v) is 16.2. The van der Waals surface area contributed by atoms with Crippen LogP contribution in [0.15, 0.2) is 42.5 Å². The number of ether oxygens (including phenoxy) is 2. The van der Waals surface area contributed by atoms with E-state index in [0.717, 1.165) is 6.42 Å². The highest BCUT2D eigenvalue weighted by Crippen LogP contribution is 2.29. The summed E-state index contributed by atoms with van der Waals surface area (Å²) in [6, 6.07) is 11.8. The summed E-state index contributed by atoms with van der Waals surface area (Å²) in [6.45, 7) is 4.81. The first kappa shape index (κ1) is 20.3. The topological polar surface area (TPSA) is 76.7 Å². The molecule has 0 saturated carbocycles. The van der Waals surface area contributed by atoms with Crippen molar-refractivity contribution in [3.63, 3.8) is 0 Å². The van der Waals surface area contributed by atoms with Gasteiger partial charge in [-0.25, -0.2) is 0 Å². The van der Waals surface area contributed by atoms with Crippen molar-refractivity contribution in [2.75, 3.05) is 26.1 Å². The number of carbonyl (C=O) groups is 2. The average Bonchev–Trinajstić information content (AvgIpc) is 2.67. The molecule has 0 unspecified atom stereocenters. The zero-order chi connectivity index (χ0) is 19.8. The van der Waals surface area contributed by atoms with Crippen molar-refractivity contribution in [2.45, 2.75) is 20.3 Å². The highest BCUT2D eigenvalue weighted by atomic mass is 16.5. The van der Waals surface area contributed by atoms with Gasteiger partial charge in [0.05, 0.1) is 19.9 Å². The largest absolute Gasteiger partial charge is 0.497 e. The van der Waals surface area contributed by atoms with Crippen LogP contribution in [-0.2, 0) is 0 Å². The average molecular weight is 370 g/mol. The van der Waals surface area contributed by atoms with E-state index in [1.54, 1.807) is 49.6 Å². The lowest BCUT2D eigenvalue weighted by Gasteiger charge is -2.12. The first-order valence-electron chi connectivity index (χ1n) is 8.86. The van der Waals surface area contributed by atoms with Gasteiger partial charge in [-0.1, -0.05) is 19.9 Å². The molecule has 0 aliphatic heterocycles. The molecule has 0 aliphatic rings. The lowest BCUT2D eigenvalue weighted by Crippen LogP contribution is -2.25. The van der Waals surface area contributed by atoms with E-state index in [4.69, 9.17) is 9.47 Å². The number of anilines is 1. The van der Waals surface area contributed by atoms with E-state index in [0.29, 0.717) is 40.8 Å². The number of hydrogen-bond donors (Lipinski definition) is 2. The van der Waals surface area contributed by atoms with Crippen LogP contribution in [0.2, 0.25) is 0 Å². The van der Waals surface area contributed by atoms with E-state index in [1.807, 2.05) is 0 Å². The molecule has 0 aromatic heterocycles. The Hall–Kier alpha value is -3.02. The lowest BCUT2D eigenvalue weighted by atomic mass is 10.1. The number of rotatable bonds is 8. The Balaban J connectivity index is 2.12. The molecule has 0 spiro atoms. The summed E-state index contributed by atoms with van der Waals surface area (Å²) in [5.41, 5.74) is 1.33. The van der Waals surface area contributed by atoms with E-state index in [9.17, 15) is 9.59 Å². The molecule has 0 aliphatic carbocycles. The van der Waals surface area contributed by atoms with Gasteiger partial charge in [0.1, 0.15) is 11.5 Å². The smallest absolute Gasteiger partial charge is 0.255 e. The van der Waals surface area contributed by atoms with Gasteiger partial charge >= 0.3 is 0 Å². The maximum absolute atomic E-state index is 12.6. The Morgan fingerprint density at radius 1 is 0.963 bits per heavy atom. The predicted octanol–water partition coefficient (Wildman–Crippen LogP) is 3.73. The maximum Gasteiger partial charge on any atom is 0.255 e. The Morgan fingerprint density at radius 2 is 1.67 bits per heavy atom. The summed E-state index contributed by atoms with van der Waals surface area (Å²) in [6.07, 6.45) is 0.904. The van der Waals surface area contributed by atoms with Crippen LogP contribution in [0.5, 0.6) is 11.5 Å². The van der Waals surface area contributed by atoms with Crippen molar-refractivity contribution in [1.82, 2.24) is 5.32 Å². The SMILES string of the molecule is COc1ccc(OC)c(NC(=O)c2cccc(C(=O)NCCC(C)C)c2)c1. The molecule has 27 heavy (non-hydrogen) atoms. The molecule has 6 heteroatoms. The van der Waals surface area contributed by atoms with Gasteiger partial charge in [0.25, 0.3) is 11.8 Å². The van der Waals surface area contributed by atoms with Gasteiger partial charge in [-0.2, -0.15) is 0 Å². The second-order valence-electron chi connectivity index (χ2n) is 6.54. The summed E-state index contributed by atoms with van der Waals surface area (Å²) in [5.74, 6) is 1.11. The fourth-order valence-corrected chi connectivity index (χ4v) is 2.48. The Bertz CT molecular complexity index is 803. The molecular weight excluding hydrogens is 344 g/mol. The number of carbonyl (C=O) groups excluding carboxylic acids is 2. The summed E-state index contributed by atoms with van der Waals surface area (Å²) in [7, 11) is 3.08. The minimum absolute atomic E-state index is 0.190. The van der Waals surface area contributed by atoms with Crippen LogP contribution >= 0.6 is 0 Å². The monoisotopic (exact) mass is 370 g/mol. The van der Waals surface area contributed by atoms with Gasteiger partial charge in [-0.15, -0.1) is 0 Å². The zero-order valence-electron chi connectivity index (χ0n) is 16.2. The number of hydrogen-bond acceptors (Lipinski definition) is 4. The molecule has 2 amide bonds. The van der Waals surface area contributed by atoms with Gasteiger partial charge in [-0.3, -0.25) is 9.59 Å². The normalized spacial score (nSPS) is 10.4. The van der Waals surface area contributed by atoms with Crippen LogP contribution < -0.4 is 20.1 Å². The Kier molecular flexibility index (Phi) is 7.23. The van der Waals surface area contributed by atoms with Gasteiger partial charge in [0, 0.05) is 23.7 Å². The van der Waals surface area contributed by atoms with E-state index in [1.165, 1.54) is 7.11 Å². The molecule has 2 aromatic carbocycles. The van der Waals surface area contributed by atoms with Crippen molar-refractivity contribution in [2.24, 2.45) is 5.92 Å². The quantitative estimate of drug-likeness (QED) is 0.742. The number of methoxy groups -OCH3 is 2. The fraction of sp³-hybridized carbons (Fsp3) is 0.333. The van der Waals surface area contributed by atoms with E-state index < -0.39 is 0 Å². The molecule has 0 atom stereocenters. The lowest BCUT2D eigenvalue weighted by molar-refractivity contribution is 0.0952. The third kappa shape index (κ3) is 5.74. The molecule has 0 fully saturated rings. The molecule has 0 radical (unpaired) electrons. The third-order valence-corrected chi connectivity index (χ3v) is 4.05. The van der Waals surface area contributed by atoms with E-state index in [-0.39, 0.29) is 11.8 Å². The maximum atomic E-state index is 12.6. The molecule has 2 rings (SSSR count). The minimum atomic E-state index is -0.335. The van der Waals surface area contributed by atoms with Crippen LogP contribution in [0.25, 0.3) is 0 Å². The van der Waals surface area contributed by atoms with Crippen LogP contribution in [-0.4, -0.2) is 32.6 Å². The predicted molar refractivity (Wildman–Crippen MR) is 106 cm³/mol. The van der Waals surface area contributed by atoms with Crippen molar-refractivity contribution in [1.29, 1.82) is 0 Å². The second-order valence-corrected chi connectivity index (χ2v) is 6.54. The highest BCUT2D eigenvalue weighted by Gasteiger charge is 2.13. The van der Waals surface area contributed by atoms with E-state index >= 15 is 0 Å². The Morgan fingerprint density at radius 3 is 2.30 bits per heavy atom. The fourth-order valence-electron chi connectivity index (χ4n) is 2.48. The van der Waals surface area contributed by atoms with Crippen LogP contribution in [0.4, 0.5) is 5.69 Å². The summed E-state index contributed by atoms with van der Waals surface area (Å²) >= 11 is 0. The number of benzene rings is 2. The van der Waals surface area contributed by atoms with Gasteiger partial charge in [-0.05, 0) is 42.7 Å². The van der Waals surface area contributed by atoms with Crippen LogP contribution in [0, 0.1) is 5.92 Å².